The van der Waals surface area contributed by atoms with E-state index in [2.05, 4.69) is 15.6 Å². The summed E-state index contributed by atoms with van der Waals surface area (Å²) in [5.41, 5.74) is 6.21. The highest BCUT2D eigenvalue weighted by Gasteiger charge is 1.97. The summed E-state index contributed by atoms with van der Waals surface area (Å²) in [5, 5.41) is 5.54. The van der Waals surface area contributed by atoms with Crippen molar-refractivity contribution >= 4 is 17.4 Å². The van der Waals surface area contributed by atoms with Gasteiger partial charge in [0.15, 0.2) is 0 Å². The smallest absolute Gasteiger partial charge is 0.221 e. The molecule has 0 aromatic carbocycles. The third-order valence-corrected chi connectivity index (χ3v) is 1.72. The van der Waals surface area contributed by atoms with Crippen LogP contribution < -0.4 is 16.4 Å². The van der Waals surface area contributed by atoms with Crippen molar-refractivity contribution in [1.29, 1.82) is 0 Å². The first-order valence-corrected chi connectivity index (χ1v) is 4.38. The van der Waals surface area contributed by atoms with Crippen LogP contribution in [0.3, 0.4) is 0 Å². The average molecular weight is 194 g/mol. The van der Waals surface area contributed by atoms with Crippen molar-refractivity contribution in [2.75, 3.05) is 24.6 Å². The maximum absolute atomic E-state index is 10.9. The number of nitrogens with one attached hydrogen (secondary N) is 2. The molecule has 0 aliphatic rings. The van der Waals surface area contributed by atoms with Crippen molar-refractivity contribution in [3.8, 4) is 0 Å². The van der Waals surface area contributed by atoms with Crippen LogP contribution in [0, 0.1) is 0 Å². The topological polar surface area (TPSA) is 80.0 Å². The average Bonchev–Trinajstić information content (AvgIpc) is 2.17. The molecule has 76 valence electrons. The number of nitrogens with two attached hydrogens (primary N) is 1. The summed E-state index contributed by atoms with van der Waals surface area (Å²) in [6, 6.07) is 3.44. The van der Waals surface area contributed by atoms with E-state index in [0.29, 0.717) is 24.5 Å². The number of carbonyl (C=O) groups is 1. The minimum atomic E-state index is 0.00130. The molecule has 5 heteroatoms. The molecule has 5 nitrogen and oxygen atoms in total. The van der Waals surface area contributed by atoms with Gasteiger partial charge < -0.3 is 16.4 Å². The predicted octanol–water partition coefficient (Wildman–Crippen LogP) is 0.212. The summed E-state index contributed by atoms with van der Waals surface area (Å²) in [7, 11) is 1.61. The molecule has 0 aliphatic heterocycles. The highest BCUT2D eigenvalue weighted by atomic mass is 16.1. The van der Waals surface area contributed by atoms with Gasteiger partial charge in [0.1, 0.15) is 5.82 Å². The third kappa shape index (κ3) is 3.30. The Labute approximate surface area is 82.7 Å². The van der Waals surface area contributed by atoms with E-state index in [1.807, 2.05) is 0 Å². The first kappa shape index (κ1) is 10.3. The molecule has 14 heavy (non-hydrogen) atoms. The normalized spacial score (nSPS) is 9.50. The minimum absolute atomic E-state index is 0.00130. The number of nitrogens with zero attached hydrogens (tertiary/aromatic N) is 1. The van der Waals surface area contributed by atoms with Crippen LogP contribution in [0.1, 0.15) is 6.42 Å². The highest BCUT2D eigenvalue weighted by molar-refractivity contribution is 5.76. The van der Waals surface area contributed by atoms with Crippen LogP contribution in [0.15, 0.2) is 18.3 Å². The van der Waals surface area contributed by atoms with Gasteiger partial charge in [-0.1, -0.05) is 0 Å². The van der Waals surface area contributed by atoms with Gasteiger partial charge in [-0.2, -0.15) is 0 Å². The Morgan fingerprint density at radius 2 is 2.43 bits per heavy atom. The van der Waals surface area contributed by atoms with Crippen LogP contribution >= 0.6 is 0 Å². The molecule has 1 aromatic rings. The Morgan fingerprint density at radius 1 is 1.64 bits per heavy atom. The standard InChI is InChI=1S/C9H14N4O/c1-11-9(14)3-5-13-8-6-7(10)2-4-12-8/h2,4,6H,3,5H2,1H3,(H,11,14)(H3,10,12,13). The van der Waals surface area contributed by atoms with Crippen LogP contribution in [-0.4, -0.2) is 24.5 Å². The maximum Gasteiger partial charge on any atom is 0.221 e. The van der Waals surface area contributed by atoms with Gasteiger partial charge in [0.25, 0.3) is 0 Å². The number of amides is 1. The van der Waals surface area contributed by atoms with E-state index in [0.717, 1.165) is 0 Å². The zero-order chi connectivity index (χ0) is 10.4. The molecule has 0 fully saturated rings. The lowest BCUT2D eigenvalue weighted by Crippen LogP contribution is -2.21. The molecule has 1 amide bonds. The molecule has 0 saturated heterocycles. The molecule has 0 aliphatic carbocycles. The van der Waals surface area contributed by atoms with Crippen molar-refractivity contribution in [1.82, 2.24) is 10.3 Å². The zero-order valence-corrected chi connectivity index (χ0v) is 8.08. The van der Waals surface area contributed by atoms with E-state index in [1.165, 1.54) is 0 Å². The van der Waals surface area contributed by atoms with Crippen molar-refractivity contribution in [3.63, 3.8) is 0 Å². The van der Waals surface area contributed by atoms with Crippen LogP contribution in [0.5, 0.6) is 0 Å². The Balaban J connectivity index is 2.35. The fourth-order valence-electron chi connectivity index (χ4n) is 0.973. The van der Waals surface area contributed by atoms with Crippen molar-refractivity contribution in [2.45, 2.75) is 6.42 Å². The lowest BCUT2D eigenvalue weighted by Gasteiger charge is -2.04. The SMILES string of the molecule is CNC(=O)CCNc1cc(N)ccn1. The Hall–Kier alpha value is -1.78. The van der Waals surface area contributed by atoms with Gasteiger partial charge in [0, 0.05) is 38.0 Å². The van der Waals surface area contributed by atoms with E-state index in [9.17, 15) is 4.79 Å². The molecule has 0 unspecified atom stereocenters. The monoisotopic (exact) mass is 194 g/mol. The van der Waals surface area contributed by atoms with Crippen molar-refractivity contribution < 1.29 is 4.79 Å². The van der Waals surface area contributed by atoms with Gasteiger partial charge in [0.2, 0.25) is 5.91 Å². The second kappa shape index (κ2) is 5.06. The zero-order valence-electron chi connectivity index (χ0n) is 8.08. The molecular weight excluding hydrogens is 180 g/mol. The largest absolute Gasteiger partial charge is 0.399 e. The molecule has 0 spiro atoms. The molecule has 1 rings (SSSR count). The first-order chi connectivity index (χ1) is 6.72. The number of hydrogen-bond acceptors (Lipinski definition) is 4. The highest BCUT2D eigenvalue weighted by Crippen LogP contribution is 2.07. The lowest BCUT2D eigenvalue weighted by atomic mass is 10.3. The van der Waals surface area contributed by atoms with E-state index in [4.69, 9.17) is 5.73 Å². The number of nitrogen functional groups attached to an aromatic ring is 1. The molecule has 0 saturated carbocycles. The Morgan fingerprint density at radius 3 is 3.07 bits per heavy atom. The van der Waals surface area contributed by atoms with E-state index >= 15 is 0 Å². The van der Waals surface area contributed by atoms with Crippen molar-refractivity contribution in [2.24, 2.45) is 0 Å². The molecule has 0 atom stereocenters. The Bertz CT molecular complexity index is 313. The summed E-state index contributed by atoms with van der Waals surface area (Å²) in [6.07, 6.45) is 2.05. The number of rotatable bonds is 4. The van der Waals surface area contributed by atoms with Crippen LogP contribution in [0.4, 0.5) is 11.5 Å². The summed E-state index contributed by atoms with van der Waals surface area (Å²) >= 11 is 0. The maximum atomic E-state index is 10.9. The van der Waals surface area contributed by atoms with Gasteiger partial charge in [-0.3, -0.25) is 4.79 Å². The molecule has 4 N–H and O–H groups in total. The molecule has 0 bridgehead atoms. The summed E-state index contributed by atoms with van der Waals surface area (Å²) in [5.74, 6) is 0.690. The fraction of sp³-hybridized carbons (Fsp3) is 0.333. The van der Waals surface area contributed by atoms with Gasteiger partial charge in [0.05, 0.1) is 0 Å². The van der Waals surface area contributed by atoms with Gasteiger partial charge >= 0.3 is 0 Å². The lowest BCUT2D eigenvalue weighted by molar-refractivity contribution is -0.120. The van der Waals surface area contributed by atoms with Crippen molar-refractivity contribution in [3.05, 3.63) is 18.3 Å². The summed E-state index contributed by atoms with van der Waals surface area (Å²) in [4.78, 5) is 14.9. The number of pyridine rings is 1. The van der Waals surface area contributed by atoms with Crippen LogP contribution in [0.25, 0.3) is 0 Å². The third-order valence-electron chi connectivity index (χ3n) is 1.72. The van der Waals surface area contributed by atoms with Gasteiger partial charge in [-0.25, -0.2) is 4.98 Å². The molecule has 1 heterocycles. The first-order valence-electron chi connectivity index (χ1n) is 4.38. The van der Waals surface area contributed by atoms with Crippen LogP contribution in [-0.2, 0) is 4.79 Å². The van der Waals surface area contributed by atoms with Crippen LogP contribution in [0.2, 0.25) is 0 Å². The number of anilines is 2. The predicted molar refractivity (Wildman–Crippen MR) is 55.8 cm³/mol. The number of carbonyl (C=O) groups excluding carboxylic acids is 1. The quantitative estimate of drug-likeness (QED) is 0.640. The van der Waals surface area contributed by atoms with E-state index in [1.54, 1.807) is 25.4 Å². The Kier molecular flexibility index (Phi) is 3.72. The second-order valence-corrected chi connectivity index (χ2v) is 2.82. The number of aromatic nitrogens is 1. The molecule has 0 radical (unpaired) electrons. The summed E-state index contributed by atoms with van der Waals surface area (Å²) < 4.78 is 0. The number of hydrogen-bond donors (Lipinski definition) is 3. The molecule has 1 aromatic heterocycles. The summed E-state index contributed by atoms with van der Waals surface area (Å²) in [6.45, 7) is 0.552. The van der Waals surface area contributed by atoms with Gasteiger partial charge in [-0.05, 0) is 6.07 Å². The minimum Gasteiger partial charge on any atom is -0.399 e. The fourth-order valence-corrected chi connectivity index (χ4v) is 0.973. The molecular formula is C9H14N4O. The second-order valence-electron chi connectivity index (χ2n) is 2.82. The van der Waals surface area contributed by atoms with E-state index < -0.39 is 0 Å². The van der Waals surface area contributed by atoms with E-state index in [-0.39, 0.29) is 5.91 Å². The van der Waals surface area contributed by atoms with Gasteiger partial charge in [-0.15, -0.1) is 0 Å².